The Labute approximate surface area is 134 Å². The maximum Gasteiger partial charge on any atom is -0.0143 e. The van der Waals surface area contributed by atoms with Crippen molar-refractivity contribution >= 4 is 21.5 Å². The zero-order valence-corrected chi connectivity index (χ0v) is 13.9. The lowest BCUT2D eigenvalue weighted by atomic mass is 9.91. The van der Waals surface area contributed by atoms with Gasteiger partial charge in [-0.1, -0.05) is 63.1 Å². The quantitative estimate of drug-likeness (QED) is 0.444. The first-order chi connectivity index (χ1) is 10.8. The van der Waals surface area contributed by atoms with Crippen molar-refractivity contribution in [2.75, 3.05) is 0 Å². The summed E-state index contributed by atoms with van der Waals surface area (Å²) in [7, 11) is 0. The highest BCUT2D eigenvalue weighted by Gasteiger charge is 2.08. The molecule has 114 valence electrons. The van der Waals surface area contributed by atoms with Crippen LogP contribution in [0.5, 0.6) is 0 Å². The summed E-state index contributed by atoms with van der Waals surface area (Å²) in [5.41, 5.74) is 3.16. The molecule has 0 saturated carbocycles. The van der Waals surface area contributed by atoms with Gasteiger partial charge in [-0.15, -0.1) is 0 Å². The van der Waals surface area contributed by atoms with Crippen LogP contribution in [0, 0.1) is 0 Å². The average Bonchev–Trinajstić information content (AvgIpc) is 2.56. The Hall–Kier alpha value is -1.82. The molecule has 0 nitrogen and oxygen atoms in total. The standard InChI is InChI=1S/C22H26/c1-3-5-9-17-13-14-20-15-18-10-7-8-11-19(18)16-22(20)21(17)12-6-4-2/h7-8,10-11,13-16H,3-6,9,12H2,1-2H3. The molecule has 0 saturated heterocycles. The summed E-state index contributed by atoms with van der Waals surface area (Å²) in [4.78, 5) is 0. The summed E-state index contributed by atoms with van der Waals surface area (Å²) in [6.07, 6.45) is 7.53. The lowest BCUT2D eigenvalue weighted by Gasteiger charge is -2.14. The molecule has 22 heavy (non-hydrogen) atoms. The Kier molecular flexibility index (Phi) is 4.77. The number of rotatable bonds is 6. The topological polar surface area (TPSA) is 0 Å². The van der Waals surface area contributed by atoms with Crippen LogP contribution in [0.1, 0.15) is 50.7 Å². The van der Waals surface area contributed by atoms with Gasteiger partial charge < -0.3 is 0 Å². The van der Waals surface area contributed by atoms with E-state index in [9.17, 15) is 0 Å². The molecule has 3 rings (SSSR count). The molecule has 3 aromatic carbocycles. The monoisotopic (exact) mass is 290 g/mol. The summed E-state index contributed by atoms with van der Waals surface area (Å²) in [6, 6.07) is 18.2. The molecule has 0 atom stereocenters. The van der Waals surface area contributed by atoms with E-state index < -0.39 is 0 Å². The van der Waals surface area contributed by atoms with Crippen LogP contribution >= 0.6 is 0 Å². The van der Waals surface area contributed by atoms with Crippen molar-refractivity contribution in [3.8, 4) is 0 Å². The normalized spacial score (nSPS) is 11.4. The number of unbranched alkanes of at least 4 members (excludes halogenated alkanes) is 2. The third kappa shape index (κ3) is 3.02. The molecule has 0 unspecified atom stereocenters. The highest BCUT2D eigenvalue weighted by atomic mass is 14.1. The lowest BCUT2D eigenvalue weighted by molar-refractivity contribution is 0.762. The third-order valence-electron chi connectivity index (χ3n) is 4.67. The van der Waals surface area contributed by atoms with Crippen molar-refractivity contribution in [1.29, 1.82) is 0 Å². The smallest absolute Gasteiger partial charge is 0.0143 e. The van der Waals surface area contributed by atoms with Gasteiger partial charge in [-0.3, -0.25) is 0 Å². The fourth-order valence-corrected chi connectivity index (χ4v) is 3.37. The van der Waals surface area contributed by atoms with E-state index in [4.69, 9.17) is 0 Å². The van der Waals surface area contributed by atoms with Gasteiger partial charge in [0.1, 0.15) is 0 Å². The van der Waals surface area contributed by atoms with Gasteiger partial charge in [0, 0.05) is 0 Å². The van der Waals surface area contributed by atoms with Gasteiger partial charge in [0.2, 0.25) is 0 Å². The van der Waals surface area contributed by atoms with Crippen LogP contribution in [-0.4, -0.2) is 0 Å². The highest BCUT2D eigenvalue weighted by Crippen LogP contribution is 2.29. The van der Waals surface area contributed by atoms with Gasteiger partial charge in [-0.2, -0.15) is 0 Å². The zero-order valence-electron chi connectivity index (χ0n) is 13.9. The van der Waals surface area contributed by atoms with Crippen LogP contribution in [0.2, 0.25) is 0 Å². The Morgan fingerprint density at radius 3 is 2.09 bits per heavy atom. The molecule has 0 aromatic heterocycles. The molecule has 3 aromatic rings. The molecule has 0 aliphatic carbocycles. The number of aryl methyl sites for hydroxylation is 2. The van der Waals surface area contributed by atoms with Gasteiger partial charge in [0.25, 0.3) is 0 Å². The molecule has 0 aliphatic rings. The lowest BCUT2D eigenvalue weighted by Crippen LogP contribution is -1.97. The summed E-state index contributed by atoms with van der Waals surface area (Å²) in [5.74, 6) is 0. The van der Waals surface area contributed by atoms with Gasteiger partial charge in [0.15, 0.2) is 0 Å². The number of hydrogen-bond donors (Lipinski definition) is 0. The maximum absolute atomic E-state index is 2.41. The van der Waals surface area contributed by atoms with Gasteiger partial charge in [0.05, 0.1) is 0 Å². The molecule has 0 N–H and O–H groups in total. The predicted molar refractivity (Wildman–Crippen MR) is 98.7 cm³/mol. The Bertz CT molecular complexity index is 767. The van der Waals surface area contributed by atoms with E-state index in [1.165, 1.54) is 60.1 Å². The van der Waals surface area contributed by atoms with Crippen LogP contribution in [0.3, 0.4) is 0 Å². The molecular weight excluding hydrogens is 264 g/mol. The first-order valence-corrected chi connectivity index (χ1v) is 8.76. The van der Waals surface area contributed by atoms with Crippen molar-refractivity contribution in [3.05, 3.63) is 59.7 Å². The van der Waals surface area contributed by atoms with E-state index in [2.05, 4.69) is 62.4 Å². The Morgan fingerprint density at radius 1 is 0.682 bits per heavy atom. The van der Waals surface area contributed by atoms with Crippen molar-refractivity contribution in [2.24, 2.45) is 0 Å². The van der Waals surface area contributed by atoms with E-state index in [1.54, 1.807) is 11.1 Å². The zero-order chi connectivity index (χ0) is 15.4. The van der Waals surface area contributed by atoms with Crippen LogP contribution in [-0.2, 0) is 12.8 Å². The second-order valence-electron chi connectivity index (χ2n) is 6.33. The maximum atomic E-state index is 2.41. The summed E-state index contributed by atoms with van der Waals surface area (Å²) in [6.45, 7) is 4.56. The van der Waals surface area contributed by atoms with Crippen molar-refractivity contribution in [2.45, 2.75) is 52.4 Å². The number of fused-ring (bicyclic) bond motifs is 2. The van der Waals surface area contributed by atoms with Gasteiger partial charge in [-0.25, -0.2) is 0 Å². The number of hydrogen-bond acceptors (Lipinski definition) is 0. The molecule has 0 heterocycles. The molecule has 0 fully saturated rings. The molecule has 0 radical (unpaired) electrons. The summed E-state index contributed by atoms with van der Waals surface area (Å²) in [5, 5.41) is 5.57. The average molecular weight is 290 g/mol. The van der Waals surface area contributed by atoms with E-state index in [1.807, 2.05) is 0 Å². The van der Waals surface area contributed by atoms with Crippen LogP contribution in [0.15, 0.2) is 48.5 Å². The minimum atomic E-state index is 1.21. The van der Waals surface area contributed by atoms with Crippen LogP contribution < -0.4 is 0 Å². The Balaban J connectivity index is 2.17. The molecular formula is C22H26. The van der Waals surface area contributed by atoms with Gasteiger partial charge >= 0.3 is 0 Å². The highest BCUT2D eigenvalue weighted by molar-refractivity contribution is 6.00. The van der Waals surface area contributed by atoms with E-state index in [0.717, 1.165) is 0 Å². The van der Waals surface area contributed by atoms with E-state index in [0.29, 0.717) is 0 Å². The first kappa shape index (κ1) is 15.1. The molecule has 0 bridgehead atoms. The largest absolute Gasteiger partial charge is 0.0654 e. The van der Waals surface area contributed by atoms with E-state index >= 15 is 0 Å². The predicted octanol–water partition coefficient (Wildman–Crippen LogP) is 6.68. The second-order valence-corrected chi connectivity index (χ2v) is 6.33. The first-order valence-electron chi connectivity index (χ1n) is 8.76. The molecule has 0 heteroatoms. The molecule has 0 spiro atoms. The number of benzene rings is 3. The van der Waals surface area contributed by atoms with E-state index in [-0.39, 0.29) is 0 Å². The van der Waals surface area contributed by atoms with Gasteiger partial charge in [-0.05, 0) is 70.5 Å². The second kappa shape index (κ2) is 6.96. The SMILES string of the molecule is CCCCc1ccc2cc3ccccc3cc2c1CCCC. The molecule has 0 amide bonds. The third-order valence-corrected chi connectivity index (χ3v) is 4.67. The van der Waals surface area contributed by atoms with Crippen molar-refractivity contribution < 1.29 is 0 Å². The minimum absolute atomic E-state index is 1.21. The van der Waals surface area contributed by atoms with Crippen molar-refractivity contribution in [1.82, 2.24) is 0 Å². The van der Waals surface area contributed by atoms with Crippen LogP contribution in [0.4, 0.5) is 0 Å². The Morgan fingerprint density at radius 2 is 1.36 bits per heavy atom. The summed E-state index contributed by atoms with van der Waals surface area (Å²) >= 11 is 0. The van der Waals surface area contributed by atoms with Crippen molar-refractivity contribution in [3.63, 3.8) is 0 Å². The fourth-order valence-electron chi connectivity index (χ4n) is 3.37. The van der Waals surface area contributed by atoms with Crippen LogP contribution in [0.25, 0.3) is 21.5 Å². The minimum Gasteiger partial charge on any atom is -0.0654 e. The fraction of sp³-hybridized carbons (Fsp3) is 0.364. The summed E-state index contributed by atoms with van der Waals surface area (Å²) < 4.78 is 0. The molecule has 0 aliphatic heterocycles.